The molecule has 0 bridgehead atoms. The van der Waals surface area contributed by atoms with Gasteiger partial charge >= 0.3 is 5.97 Å². The van der Waals surface area contributed by atoms with Crippen molar-refractivity contribution in [3.8, 4) is 17.6 Å². The molecule has 1 saturated carbocycles. The van der Waals surface area contributed by atoms with E-state index in [1.165, 1.54) is 12.0 Å². The molecule has 0 spiro atoms. The molecular formula is C28H33FN2O6S2. The first-order valence-electron chi connectivity index (χ1n) is 12.9. The lowest BCUT2D eigenvalue weighted by atomic mass is 9.82. The van der Waals surface area contributed by atoms with Crippen molar-refractivity contribution in [3.63, 3.8) is 0 Å². The van der Waals surface area contributed by atoms with E-state index in [4.69, 9.17) is 4.74 Å². The van der Waals surface area contributed by atoms with Gasteiger partial charge < -0.3 is 14.7 Å². The molecule has 0 radical (unpaired) electrons. The van der Waals surface area contributed by atoms with Crippen LogP contribution in [-0.4, -0.2) is 55.9 Å². The lowest BCUT2D eigenvalue weighted by Gasteiger charge is -2.44. The SMILES string of the molecule is COc1cc(S(=O)(=O)N2CC(=O)N(c3cc(C#CC(C)(C)C)sc3C(=O)O)C(C3CCCCC3)C2)ccc1F. The molecular weight excluding hydrogens is 543 g/mol. The lowest BCUT2D eigenvalue weighted by Crippen LogP contribution is -2.60. The van der Waals surface area contributed by atoms with Crippen molar-refractivity contribution in [3.05, 3.63) is 39.8 Å². The number of aromatic carboxylic acids is 1. The van der Waals surface area contributed by atoms with Crippen LogP contribution in [0.2, 0.25) is 0 Å². The van der Waals surface area contributed by atoms with E-state index in [1.54, 1.807) is 6.07 Å². The quantitative estimate of drug-likeness (QED) is 0.487. The van der Waals surface area contributed by atoms with Crippen molar-refractivity contribution in [2.24, 2.45) is 11.3 Å². The number of ether oxygens (including phenoxy) is 1. The average Bonchev–Trinajstić information content (AvgIpc) is 3.31. The van der Waals surface area contributed by atoms with Crippen LogP contribution in [0.25, 0.3) is 0 Å². The summed E-state index contributed by atoms with van der Waals surface area (Å²) in [5, 5.41) is 10.00. The van der Waals surface area contributed by atoms with Gasteiger partial charge in [0.05, 0.1) is 35.2 Å². The first kappa shape index (κ1) is 29.1. The molecule has 2 aliphatic rings. The van der Waals surface area contributed by atoms with Crippen LogP contribution in [0.1, 0.15) is 67.4 Å². The van der Waals surface area contributed by atoms with Crippen molar-refractivity contribution in [2.75, 3.05) is 25.1 Å². The Hall–Kier alpha value is -2.94. The Morgan fingerprint density at radius 3 is 2.49 bits per heavy atom. The molecule has 1 N–H and O–H groups in total. The fourth-order valence-electron chi connectivity index (χ4n) is 5.12. The van der Waals surface area contributed by atoms with E-state index in [0.717, 1.165) is 65.9 Å². The van der Waals surface area contributed by atoms with E-state index in [-0.39, 0.29) is 39.1 Å². The first-order valence-corrected chi connectivity index (χ1v) is 15.1. The number of thiophene rings is 1. The van der Waals surface area contributed by atoms with Gasteiger partial charge in [-0.15, -0.1) is 11.3 Å². The third kappa shape index (κ3) is 6.29. The van der Waals surface area contributed by atoms with E-state index >= 15 is 0 Å². The third-order valence-corrected chi connectivity index (χ3v) is 9.82. The highest BCUT2D eigenvalue weighted by Crippen LogP contribution is 2.39. The molecule has 1 aromatic carbocycles. The molecule has 11 heteroatoms. The number of anilines is 1. The Kier molecular flexibility index (Phi) is 8.40. The minimum atomic E-state index is -4.16. The van der Waals surface area contributed by atoms with Gasteiger partial charge in [0.25, 0.3) is 0 Å². The summed E-state index contributed by atoms with van der Waals surface area (Å²) in [5.74, 6) is 3.56. The van der Waals surface area contributed by atoms with Gasteiger partial charge in [0.2, 0.25) is 15.9 Å². The van der Waals surface area contributed by atoms with Crippen LogP contribution in [-0.2, 0) is 14.8 Å². The Bertz CT molecular complexity index is 1430. The maximum Gasteiger partial charge on any atom is 0.348 e. The molecule has 1 aliphatic carbocycles. The van der Waals surface area contributed by atoms with Crippen molar-refractivity contribution >= 4 is 38.9 Å². The molecule has 2 heterocycles. The van der Waals surface area contributed by atoms with Crippen LogP contribution >= 0.6 is 11.3 Å². The summed E-state index contributed by atoms with van der Waals surface area (Å²) >= 11 is 1.01. The van der Waals surface area contributed by atoms with Gasteiger partial charge in [-0.3, -0.25) is 4.79 Å². The van der Waals surface area contributed by atoms with Gasteiger partial charge in [0.15, 0.2) is 11.6 Å². The number of carbonyl (C=O) groups excluding carboxylic acids is 1. The Labute approximate surface area is 232 Å². The van der Waals surface area contributed by atoms with Crippen LogP contribution < -0.4 is 9.64 Å². The summed E-state index contributed by atoms with van der Waals surface area (Å²) in [6, 6.07) is 4.36. The monoisotopic (exact) mass is 576 g/mol. The number of sulfonamides is 1. The van der Waals surface area contributed by atoms with E-state index in [9.17, 15) is 27.5 Å². The number of benzene rings is 1. The van der Waals surface area contributed by atoms with Gasteiger partial charge in [0.1, 0.15) is 4.88 Å². The Morgan fingerprint density at radius 2 is 1.87 bits per heavy atom. The highest BCUT2D eigenvalue weighted by atomic mass is 32.2. The topological polar surface area (TPSA) is 104 Å². The predicted molar refractivity (Wildman–Crippen MR) is 147 cm³/mol. The molecule has 8 nitrogen and oxygen atoms in total. The van der Waals surface area contributed by atoms with Crippen LogP contribution in [0.3, 0.4) is 0 Å². The van der Waals surface area contributed by atoms with Crippen LogP contribution in [0.4, 0.5) is 10.1 Å². The Morgan fingerprint density at radius 1 is 1.18 bits per heavy atom. The minimum Gasteiger partial charge on any atom is -0.494 e. The molecule has 4 rings (SSSR count). The summed E-state index contributed by atoms with van der Waals surface area (Å²) in [4.78, 5) is 27.8. The van der Waals surface area contributed by atoms with E-state index < -0.39 is 40.3 Å². The smallest absolute Gasteiger partial charge is 0.348 e. The van der Waals surface area contributed by atoms with Crippen LogP contribution in [0.5, 0.6) is 5.75 Å². The molecule has 1 aliphatic heterocycles. The maximum absolute atomic E-state index is 14.0. The predicted octanol–water partition coefficient (Wildman–Crippen LogP) is 4.98. The molecule has 2 aromatic rings. The Balaban J connectivity index is 1.76. The highest BCUT2D eigenvalue weighted by molar-refractivity contribution is 7.89. The molecule has 1 saturated heterocycles. The number of carbonyl (C=O) groups is 2. The van der Waals surface area contributed by atoms with Crippen molar-refractivity contribution in [1.82, 2.24) is 4.31 Å². The zero-order chi connectivity index (χ0) is 28.5. The van der Waals surface area contributed by atoms with Gasteiger partial charge in [-0.1, -0.05) is 31.1 Å². The van der Waals surface area contributed by atoms with E-state index in [2.05, 4.69) is 11.8 Å². The molecule has 1 aromatic heterocycles. The second-order valence-electron chi connectivity index (χ2n) is 11.0. The number of carboxylic acid groups (broad SMARTS) is 1. The fraction of sp³-hybridized carbons (Fsp3) is 0.500. The van der Waals surface area contributed by atoms with Crippen molar-refractivity contribution in [1.29, 1.82) is 0 Å². The zero-order valence-corrected chi connectivity index (χ0v) is 24.1. The molecule has 39 heavy (non-hydrogen) atoms. The number of rotatable bonds is 6. The second kappa shape index (κ2) is 11.3. The largest absolute Gasteiger partial charge is 0.494 e. The van der Waals surface area contributed by atoms with Crippen molar-refractivity contribution < 1.29 is 32.2 Å². The summed E-state index contributed by atoms with van der Waals surface area (Å²) in [5.41, 5.74) is -0.0384. The van der Waals surface area contributed by atoms with Gasteiger partial charge in [0, 0.05) is 18.0 Å². The number of piperazine rings is 1. The van der Waals surface area contributed by atoms with Gasteiger partial charge in [-0.25, -0.2) is 17.6 Å². The normalized spacial score (nSPS) is 19.5. The highest BCUT2D eigenvalue weighted by Gasteiger charge is 2.44. The summed E-state index contributed by atoms with van der Waals surface area (Å²) in [7, 11) is -2.92. The lowest BCUT2D eigenvalue weighted by molar-refractivity contribution is -0.121. The maximum atomic E-state index is 14.0. The number of amides is 1. The zero-order valence-electron chi connectivity index (χ0n) is 22.5. The number of nitrogens with zero attached hydrogens (tertiary/aromatic N) is 2. The van der Waals surface area contributed by atoms with Crippen molar-refractivity contribution in [2.45, 2.75) is 63.8 Å². The molecule has 1 amide bonds. The number of methoxy groups -OCH3 is 1. The summed E-state index contributed by atoms with van der Waals surface area (Å²) in [6.45, 7) is 5.38. The first-order chi connectivity index (χ1) is 18.3. The number of halogens is 1. The minimum absolute atomic E-state index is 0.00180. The number of hydrogen-bond acceptors (Lipinski definition) is 6. The number of hydrogen-bond donors (Lipinski definition) is 1. The van der Waals surface area contributed by atoms with Crippen LogP contribution in [0.15, 0.2) is 29.2 Å². The van der Waals surface area contributed by atoms with Crippen LogP contribution in [0, 0.1) is 29.0 Å². The second-order valence-corrected chi connectivity index (χ2v) is 13.9. The third-order valence-electron chi connectivity index (χ3n) is 6.98. The average molecular weight is 577 g/mol. The van der Waals surface area contributed by atoms with E-state index in [0.29, 0.717) is 4.88 Å². The summed E-state index contributed by atoms with van der Waals surface area (Å²) < 4.78 is 47.3. The summed E-state index contributed by atoms with van der Waals surface area (Å²) in [6.07, 6.45) is 4.55. The standard InChI is InChI=1S/C28H33FN2O6S2/c1-28(2,3)13-12-19-14-22(26(38-19)27(33)34)31-23(18-8-6-5-7-9-18)16-30(17-25(31)32)39(35,36)20-10-11-21(29)24(15-20)37-4/h10-11,14-15,18,23H,5-9,16-17H2,1-4H3,(H,33,34). The fourth-order valence-corrected chi connectivity index (χ4v) is 7.38. The van der Waals surface area contributed by atoms with Gasteiger partial charge in [-0.05, 0) is 57.7 Å². The molecule has 1 unspecified atom stereocenters. The van der Waals surface area contributed by atoms with E-state index in [1.807, 2.05) is 20.8 Å². The van der Waals surface area contributed by atoms with Gasteiger partial charge in [-0.2, -0.15) is 4.31 Å². The molecule has 1 atom stereocenters. The number of carboxylic acids is 1. The molecule has 2 fully saturated rings. The molecule has 210 valence electrons.